The molecule has 0 aliphatic heterocycles. The third-order valence-corrected chi connectivity index (χ3v) is 3.33. The summed E-state index contributed by atoms with van der Waals surface area (Å²) in [6, 6.07) is 5.13. The fourth-order valence-corrected chi connectivity index (χ4v) is 2.26. The molecule has 0 N–H and O–H groups in total. The van der Waals surface area contributed by atoms with Gasteiger partial charge in [-0.3, -0.25) is 0 Å². The number of nitrogens with zero attached hydrogens (tertiary/aromatic N) is 1. The lowest BCUT2D eigenvalue weighted by molar-refractivity contribution is -0.137. The van der Waals surface area contributed by atoms with E-state index in [0.717, 1.165) is 12.1 Å². The van der Waals surface area contributed by atoms with E-state index in [1.165, 1.54) is 17.4 Å². The molecule has 0 fully saturated rings. The summed E-state index contributed by atoms with van der Waals surface area (Å²) in [5, 5.41) is 1.71. The normalized spacial score (nSPS) is 11.8. The number of thiazole rings is 1. The topological polar surface area (TPSA) is 12.9 Å². The van der Waals surface area contributed by atoms with Crippen LogP contribution in [0, 0.1) is 0 Å². The number of halogens is 4. The Morgan fingerprint density at radius 1 is 1.25 bits per heavy atom. The van der Waals surface area contributed by atoms with Crippen molar-refractivity contribution in [2.45, 2.75) is 6.18 Å². The van der Waals surface area contributed by atoms with Crippen molar-refractivity contribution in [2.24, 2.45) is 0 Å². The molecule has 16 heavy (non-hydrogen) atoms. The smallest absolute Gasteiger partial charge is 0.229 e. The van der Waals surface area contributed by atoms with Crippen molar-refractivity contribution in [3.05, 3.63) is 39.1 Å². The summed E-state index contributed by atoms with van der Waals surface area (Å²) in [5.41, 5.74) is 0.355. The second-order valence-corrected chi connectivity index (χ2v) is 5.20. The van der Waals surface area contributed by atoms with Crippen molar-refractivity contribution in [1.29, 1.82) is 0 Å². The lowest BCUT2D eigenvalue weighted by atomic mass is 10.1. The Kier molecular flexibility index (Phi) is 3.03. The van der Waals surface area contributed by atoms with Gasteiger partial charge in [0.05, 0.1) is 11.3 Å². The maximum absolute atomic E-state index is 12.5. The average Bonchev–Trinajstić information content (AvgIpc) is 2.64. The van der Waals surface area contributed by atoms with Gasteiger partial charge >= 0.3 is 6.18 Å². The number of hydrogen-bond donors (Lipinski definition) is 0. The molecule has 1 aromatic carbocycles. The van der Waals surface area contributed by atoms with Gasteiger partial charge in [0.25, 0.3) is 0 Å². The first-order valence-corrected chi connectivity index (χ1v) is 5.93. The number of hydrogen-bond acceptors (Lipinski definition) is 2. The Bertz CT molecular complexity index is 507. The van der Waals surface area contributed by atoms with E-state index in [4.69, 9.17) is 0 Å². The summed E-state index contributed by atoms with van der Waals surface area (Å²) in [5.74, 6) is 0. The van der Waals surface area contributed by atoms with Crippen LogP contribution in [0.15, 0.2) is 33.6 Å². The highest BCUT2D eigenvalue weighted by molar-refractivity contribution is 9.11. The van der Waals surface area contributed by atoms with E-state index < -0.39 is 11.7 Å². The van der Waals surface area contributed by atoms with Crippen molar-refractivity contribution >= 4 is 27.3 Å². The fourth-order valence-electron chi connectivity index (χ4n) is 1.24. The van der Waals surface area contributed by atoms with Crippen LogP contribution < -0.4 is 0 Å². The number of aromatic nitrogens is 1. The second-order valence-electron chi connectivity index (χ2n) is 3.06. The van der Waals surface area contributed by atoms with Gasteiger partial charge in [0.15, 0.2) is 3.92 Å². The summed E-state index contributed by atoms with van der Waals surface area (Å²) >= 11 is 4.51. The molecule has 0 saturated carbocycles. The first-order chi connectivity index (χ1) is 7.47. The third kappa shape index (κ3) is 2.44. The van der Waals surface area contributed by atoms with E-state index in [1.807, 2.05) is 0 Å². The highest BCUT2D eigenvalue weighted by Gasteiger charge is 2.30. The Balaban J connectivity index is 2.44. The molecular formula is C10H5BrF3NS. The summed E-state index contributed by atoms with van der Waals surface area (Å²) in [6.45, 7) is 0. The minimum atomic E-state index is -4.32. The van der Waals surface area contributed by atoms with Crippen LogP contribution in [0.25, 0.3) is 11.3 Å². The van der Waals surface area contributed by atoms with Crippen LogP contribution in [0.4, 0.5) is 13.2 Å². The zero-order chi connectivity index (χ0) is 11.8. The number of rotatable bonds is 1. The highest BCUT2D eigenvalue weighted by Crippen LogP contribution is 2.32. The van der Waals surface area contributed by atoms with Crippen molar-refractivity contribution < 1.29 is 13.2 Å². The molecule has 0 atom stereocenters. The predicted molar refractivity (Wildman–Crippen MR) is 60.3 cm³/mol. The molecule has 0 radical (unpaired) electrons. The molecule has 1 heterocycles. The van der Waals surface area contributed by atoms with Gasteiger partial charge in [-0.2, -0.15) is 13.2 Å². The SMILES string of the molecule is FC(F)(F)c1cccc(-c2csc(Br)n2)c1. The molecule has 84 valence electrons. The maximum atomic E-state index is 12.5. The zero-order valence-electron chi connectivity index (χ0n) is 7.75. The van der Waals surface area contributed by atoms with Crippen LogP contribution in [0.2, 0.25) is 0 Å². The second kappa shape index (κ2) is 4.18. The largest absolute Gasteiger partial charge is 0.416 e. The van der Waals surface area contributed by atoms with Gasteiger partial charge in [-0.05, 0) is 28.1 Å². The van der Waals surface area contributed by atoms with Gasteiger partial charge in [-0.1, -0.05) is 12.1 Å². The summed E-state index contributed by atoms with van der Waals surface area (Å²) in [6.07, 6.45) is -4.32. The molecule has 0 bridgehead atoms. The fraction of sp³-hybridized carbons (Fsp3) is 0.100. The Morgan fingerprint density at radius 3 is 2.56 bits per heavy atom. The van der Waals surface area contributed by atoms with Crippen molar-refractivity contribution in [3.8, 4) is 11.3 Å². The van der Waals surface area contributed by atoms with Gasteiger partial charge in [-0.25, -0.2) is 4.98 Å². The van der Waals surface area contributed by atoms with Gasteiger partial charge < -0.3 is 0 Å². The van der Waals surface area contributed by atoms with E-state index >= 15 is 0 Å². The third-order valence-electron chi connectivity index (χ3n) is 1.96. The van der Waals surface area contributed by atoms with Crippen molar-refractivity contribution in [1.82, 2.24) is 4.98 Å². The van der Waals surface area contributed by atoms with Gasteiger partial charge in [0.2, 0.25) is 0 Å². The molecular weight excluding hydrogens is 303 g/mol. The van der Waals surface area contributed by atoms with E-state index in [-0.39, 0.29) is 0 Å². The minimum absolute atomic E-state index is 0.469. The van der Waals surface area contributed by atoms with Crippen LogP contribution in [-0.2, 0) is 6.18 Å². The molecule has 6 heteroatoms. The molecule has 2 aromatic rings. The lowest BCUT2D eigenvalue weighted by Gasteiger charge is -2.07. The molecule has 0 aliphatic carbocycles. The van der Waals surface area contributed by atoms with Crippen LogP contribution >= 0.6 is 27.3 Å². The molecule has 0 amide bonds. The van der Waals surface area contributed by atoms with E-state index in [2.05, 4.69) is 20.9 Å². The first-order valence-electron chi connectivity index (χ1n) is 4.25. The zero-order valence-corrected chi connectivity index (χ0v) is 10.2. The molecule has 1 aromatic heterocycles. The quantitative estimate of drug-likeness (QED) is 0.751. The van der Waals surface area contributed by atoms with Gasteiger partial charge in [-0.15, -0.1) is 11.3 Å². The molecule has 0 spiro atoms. The number of alkyl halides is 3. The Morgan fingerprint density at radius 2 is 2.00 bits per heavy atom. The van der Waals surface area contributed by atoms with E-state index in [1.54, 1.807) is 11.4 Å². The predicted octanol–water partition coefficient (Wildman–Crippen LogP) is 4.59. The summed E-state index contributed by atoms with van der Waals surface area (Å²) < 4.78 is 38.0. The Labute approximate surface area is 102 Å². The van der Waals surface area contributed by atoms with Crippen molar-refractivity contribution in [2.75, 3.05) is 0 Å². The molecule has 2 rings (SSSR count). The molecule has 0 saturated heterocycles. The van der Waals surface area contributed by atoms with Crippen LogP contribution in [-0.4, -0.2) is 4.98 Å². The van der Waals surface area contributed by atoms with E-state index in [0.29, 0.717) is 15.2 Å². The van der Waals surface area contributed by atoms with Gasteiger partial charge in [0, 0.05) is 10.9 Å². The summed E-state index contributed by atoms with van der Waals surface area (Å²) in [4.78, 5) is 4.07. The van der Waals surface area contributed by atoms with Crippen LogP contribution in [0.3, 0.4) is 0 Å². The molecule has 0 unspecified atom stereocenters. The van der Waals surface area contributed by atoms with Crippen molar-refractivity contribution in [3.63, 3.8) is 0 Å². The molecule has 0 aliphatic rings. The standard InChI is InChI=1S/C10H5BrF3NS/c11-9-15-8(5-16-9)6-2-1-3-7(4-6)10(12,13)14/h1-5H. The monoisotopic (exact) mass is 307 g/mol. The summed E-state index contributed by atoms with van der Waals surface area (Å²) in [7, 11) is 0. The molecule has 1 nitrogen and oxygen atoms in total. The number of benzene rings is 1. The highest BCUT2D eigenvalue weighted by atomic mass is 79.9. The van der Waals surface area contributed by atoms with E-state index in [9.17, 15) is 13.2 Å². The first kappa shape index (κ1) is 11.6. The average molecular weight is 308 g/mol. The van der Waals surface area contributed by atoms with Crippen LogP contribution in [0.5, 0.6) is 0 Å². The Hall–Kier alpha value is -0.880. The van der Waals surface area contributed by atoms with Crippen LogP contribution in [0.1, 0.15) is 5.56 Å². The minimum Gasteiger partial charge on any atom is -0.229 e. The maximum Gasteiger partial charge on any atom is 0.416 e. The lowest BCUT2D eigenvalue weighted by Crippen LogP contribution is -2.04. The van der Waals surface area contributed by atoms with Gasteiger partial charge in [0.1, 0.15) is 0 Å².